The van der Waals surface area contributed by atoms with E-state index in [0.717, 1.165) is 16.8 Å². The van der Waals surface area contributed by atoms with Crippen LogP contribution in [0.3, 0.4) is 0 Å². The lowest BCUT2D eigenvalue weighted by Crippen LogP contribution is -2.42. The Hall–Kier alpha value is -3.08. The number of hydrogen-bond acceptors (Lipinski definition) is 3. The van der Waals surface area contributed by atoms with Gasteiger partial charge in [0.25, 0.3) is 5.91 Å². The van der Waals surface area contributed by atoms with Crippen LogP contribution in [0.1, 0.15) is 30.5 Å². The van der Waals surface area contributed by atoms with Crippen molar-refractivity contribution in [2.45, 2.75) is 39.8 Å². The Labute approximate surface area is 160 Å². The maximum absolute atomic E-state index is 12.7. The highest BCUT2D eigenvalue weighted by atomic mass is 16.5. The van der Waals surface area contributed by atoms with Gasteiger partial charge in [-0.05, 0) is 74.7 Å². The summed E-state index contributed by atoms with van der Waals surface area (Å²) in [5, 5.41) is 7.12. The average Bonchev–Trinajstić information content (AvgIpc) is 3.12. The highest BCUT2D eigenvalue weighted by Gasteiger charge is 2.30. The summed E-state index contributed by atoms with van der Waals surface area (Å²) in [4.78, 5) is 12.7. The zero-order valence-electron chi connectivity index (χ0n) is 16.2. The van der Waals surface area contributed by atoms with Gasteiger partial charge in [-0.25, -0.2) is 0 Å². The predicted molar refractivity (Wildman–Crippen MR) is 107 cm³/mol. The molecule has 0 fully saturated rings. The van der Waals surface area contributed by atoms with Crippen LogP contribution in [0.5, 0.6) is 5.75 Å². The Morgan fingerprint density at radius 3 is 2.48 bits per heavy atom. The lowest BCUT2D eigenvalue weighted by atomic mass is 10.1. The minimum atomic E-state index is -0.991. The van der Waals surface area contributed by atoms with Crippen LogP contribution in [0.25, 0.3) is 0 Å². The van der Waals surface area contributed by atoms with Crippen molar-refractivity contribution in [3.8, 4) is 5.75 Å². The average molecular weight is 363 g/mol. The zero-order chi connectivity index (χ0) is 19.4. The second kappa shape index (κ2) is 7.66. The van der Waals surface area contributed by atoms with Gasteiger partial charge in [0.15, 0.2) is 5.60 Å². The van der Waals surface area contributed by atoms with Gasteiger partial charge in [0, 0.05) is 18.1 Å². The van der Waals surface area contributed by atoms with Crippen LogP contribution in [0, 0.1) is 13.8 Å². The number of anilines is 1. The van der Waals surface area contributed by atoms with E-state index in [4.69, 9.17) is 4.74 Å². The number of ether oxygens (including phenoxy) is 1. The maximum Gasteiger partial charge on any atom is 0.267 e. The van der Waals surface area contributed by atoms with E-state index in [1.54, 1.807) is 20.0 Å². The molecule has 140 valence electrons. The van der Waals surface area contributed by atoms with Crippen LogP contribution in [-0.2, 0) is 11.3 Å². The summed E-state index contributed by atoms with van der Waals surface area (Å²) in [6.07, 6.45) is 3.68. The molecule has 1 N–H and O–H groups in total. The fraction of sp³-hybridized carbons (Fsp3) is 0.273. The molecule has 0 aliphatic carbocycles. The van der Waals surface area contributed by atoms with Gasteiger partial charge in [0.2, 0.25) is 0 Å². The van der Waals surface area contributed by atoms with Gasteiger partial charge < -0.3 is 10.1 Å². The smallest absolute Gasteiger partial charge is 0.267 e. The van der Waals surface area contributed by atoms with E-state index in [9.17, 15) is 4.79 Å². The number of nitrogens with one attached hydrogen (secondary N) is 1. The topological polar surface area (TPSA) is 56.1 Å². The second-order valence-electron chi connectivity index (χ2n) is 7.21. The van der Waals surface area contributed by atoms with Gasteiger partial charge in [0.1, 0.15) is 5.75 Å². The largest absolute Gasteiger partial charge is 0.478 e. The van der Waals surface area contributed by atoms with E-state index in [1.165, 1.54) is 5.56 Å². The maximum atomic E-state index is 12.7. The number of carbonyl (C=O) groups is 1. The predicted octanol–water partition coefficient (Wildman–Crippen LogP) is 4.34. The molecule has 0 bridgehead atoms. The summed E-state index contributed by atoms with van der Waals surface area (Å²) in [6.45, 7) is 8.31. The molecule has 0 aliphatic rings. The Morgan fingerprint density at radius 1 is 1.11 bits per heavy atom. The Bertz CT molecular complexity index is 913. The van der Waals surface area contributed by atoms with Gasteiger partial charge >= 0.3 is 0 Å². The number of hydrogen-bond donors (Lipinski definition) is 1. The number of nitrogens with zero attached hydrogens (tertiary/aromatic N) is 2. The molecule has 0 saturated heterocycles. The SMILES string of the molecule is Cc1ccc(OC(C)(C)C(=O)Nc2ccc(Cn3cccn3)cc2)cc1C. The van der Waals surface area contributed by atoms with Crippen molar-refractivity contribution < 1.29 is 9.53 Å². The lowest BCUT2D eigenvalue weighted by Gasteiger charge is -2.25. The van der Waals surface area contributed by atoms with Gasteiger partial charge in [-0.2, -0.15) is 5.10 Å². The molecule has 1 heterocycles. The highest BCUT2D eigenvalue weighted by Crippen LogP contribution is 2.23. The molecule has 5 heteroatoms. The Kier molecular flexibility index (Phi) is 5.31. The summed E-state index contributed by atoms with van der Waals surface area (Å²) in [7, 11) is 0. The first kappa shape index (κ1) is 18.7. The van der Waals surface area contributed by atoms with Crippen LogP contribution >= 0.6 is 0 Å². The standard InChI is InChI=1S/C22H25N3O2/c1-16-6-11-20(14-17(16)2)27-22(3,4)21(26)24-19-9-7-18(8-10-19)15-25-13-5-12-23-25/h5-14H,15H2,1-4H3,(H,24,26). The molecule has 3 aromatic rings. The summed E-state index contributed by atoms with van der Waals surface area (Å²) in [6, 6.07) is 15.5. The van der Waals surface area contributed by atoms with E-state index in [1.807, 2.05) is 73.3 Å². The minimum Gasteiger partial charge on any atom is -0.478 e. The van der Waals surface area contributed by atoms with Crippen LogP contribution in [0.2, 0.25) is 0 Å². The van der Waals surface area contributed by atoms with Crippen molar-refractivity contribution in [2.75, 3.05) is 5.32 Å². The third-order valence-corrected chi connectivity index (χ3v) is 4.51. The van der Waals surface area contributed by atoms with Crippen molar-refractivity contribution in [1.29, 1.82) is 0 Å². The lowest BCUT2D eigenvalue weighted by molar-refractivity contribution is -0.128. The molecule has 0 atom stereocenters. The Morgan fingerprint density at radius 2 is 1.85 bits per heavy atom. The molecule has 1 aromatic heterocycles. The van der Waals surface area contributed by atoms with Gasteiger partial charge in [0.05, 0.1) is 6.54 Å². The van der Waals surface area contributed by atoms with Gasteiger partial charge in [-0.15, -0.1) is 0 Å². The molecule has 0 aliphatic heterocycles. The first-order valence-electron chi connectivity index (χ1n) is 8.97. The first-order chi connectivity index (χ1) is 12.8. The van der Waals surface area contributed by atoms with Crippen molar-refractivity contribution in [1.82, 2.24) is 9.78 Å². The molecule has 1 amide bonds. The van der Waals surface area contributed by atoms with E-state index < -0.39 is 5.60 Å². The van der Waals surface area contributed by atoms with Crippen molar-refractivity contribution in [2.24, 2.45) is 0 Å². The van der Waals surface area contributed by atoms with Crippen LogP contribution in [-0.4, -0.2) is 21.3 Å². The number of aryl methyl sites for hydroxylation is 2. The normalized spacial score (nSPS) is 11.3. The van der Waals surface area contributed by atoms with Crippen molar-refractivity contribution >= 4 is 11.6 Å². The van der Waals surface area contributed by atoms with Gasteiger partial charge in [-0.3, -0.25) is 9.48 Å². The molecule has 0 spiro atoms. The fourth-order valence-corrected chi connectivity index (χ4v) is 2.67. The molecular formula is C22H25N3O2. The summed E-state index contributed by atoms with van der Waals surface area (Å²) in [5.74, 6) is 0.494. The van der Waals surface area contributed by atoms with Crippen LogP contribution in [0.4, 0.5) is 5.69 Å². The molecular weight excluding hydrogens is 338 g/mol. The number of aromatic nitrogens is 2. The molecule has 0 unspecified atom stereocenters. The molecule has 0 saturated carbocycles. The van der Waals surface area contributed by atoms with Crippen LogP contribution < -0.4 is 10.1 Å². The molecule has 0 radical (unpaired) electrons. The highest BCUT2D eigenvalue weighted by molar-refractivity contribution is 5.97. The number of amides is 1. The van der Waals surface area contributed by atoms with Gasteiger partial charge in [-0.1, -0.05) is 18.2 Å². The van der Waals surface area contributed by atoms with E-state index in [-0.39, 0.29) is 5.91 Å². The molecule has 3 rings (SSSR count). The number of carbonyl (C=O) groups excluding carboxylic acids is 1. The first-order valence-corrected chi connectivity index (χ1v) is 8.97. The number of benzene rings is 2. The Balaban J connectivity index is 1.63. The quantitative estimate of drug-likeness (QED) is 0.709. The van der Waals surface area contributed by atoms with Crippen molar-refractivity contribution in [3.05, 3.63) is 77.6 Å². The third kappa shape index (κ3) is 4.76. The van der Waals surface area contributed by atoms with Crippen LogP contribution in [0.15, 0.2) is 60.9 Å². The zero-order valence-corrected chi connectivity index (χ0v) is 16.2. The van der Waals surface area contributed by atoms with E-state index in [2.05, 4.69) is 10.4 Å². The number of rotatable bonds is 6. The summed E-state index contributed by atoms with van der Waals surface area (Å²) in [5.41, 5.74) is 3.19. The molecule has 2 aromatic carbocycles. The molecule has 5 nitrogen and oxygen atoms in total. The second-order valence-corrected chi connectivity index (χ2v) is 7.21. The van der Waals surface area contributed by atoms with E-state index in [0.29, 0.717) is 12.3 Å². The third-order valence-electron chi connectivity index (χ3n) is 4.51. The minimum absolute atomic E-state index is 0.194. The van der Waals surface area contributed by atoms with E-state index >= 15 is 0 Å². The van der Waals surface area contributed by atoms with Crippen molar-refractivity contribution in [3.63, 3.8) is 0 Å². The monoisotopic (exact) mass is 363 g/mol. The summed E-state index contributed by atoms with van der Waals surface area (Å²) < 4.78 is 7.80. The fourth-order valence-electron chi connectivity index (χ4n) is 2.67. The summed E-state index contributed by atoms with van der Waals surface area (Å²) >= 11 is 0. The molecule has 27 heavy (non-hydrogen) atoms.